The molecule has 0 saturated carbocycles. The quantitative estimate of drug-likeness (QED) is 0.890. The summed E-state index contributed by atoms with van der Waals surface area (Å²) in [6.07, 6.45) is 3.08. The molecule has 1 aliphatic rings. The third-order valence-corrected chi connectivity index (χ3v) is 4.09. The molecule has 3 nitrogen and oxygen atoms in total. The molecule has 100 valence electrons. The van der Waals surface area contributed by atoms with Crippen LogP contribution in [0.3, 0.4) is 0 Å². The van der Waals surface area contributed by atoms with Gasteiger partial charge in [0.25, 0.3) is 0 Å². The summed E-state index contributed by atoms with van der Waals surface area (Å²) < 4.78 is 2.11. The minimum absolute atomic E-state index is 0.377. The second kappa shape index (κ2) is 5.17. The van der Waals surface area contributed by atoms with Crippen LogP contribution in [-0.4, -0.2) is 16.3 Å². The van der Waals surface area contributed by atoms with Crippen molar-refractivity contribution >= 4 is 0 Å². The summed E-state index contributed by atoms with van der Waals surface area (Å²) in [6, 6.07) is 11.3. The highest BCUT2D eigenvalue weighted by Gasteiger charge is 2.34. The largest absolute Gasteiger partial charge is 0.308 e. The number of fused-ring (bicyclic) bond motifs is 1. The molecule has 1 aromatic heterocycles. The highest BCUT2D eigenvalue weighted by Crippen LogP contribution is 2.43. The molecule has 0 bridgehead atoms. The number of rotatable bonds is 5. The van der Waals surface area contributed by atoms with E-state index < -0.39 is 0 Å². The van der Waals surface area contributed by atoms with Crippen LogP contribution in [-0.2, 0) is 13.0 Å². The minimum atomic E-state index is 0.377. The van der Waals surface area contributed by atoms with Gasteiger partial charge in [-0.05, 0) is 37.1 Å². The zero-order valence-electron chi connectivity index (χ0n) is 11.6. The Kier molecular flexibility index (Phi) is 3.38. The highest BCUT2D eigenvalue weighted by molar-refractivity contribution is 5.42. The molecule has 19 heavy (non-hydrogen) atoms. The lowest BCUT2D eigenvalue weighted by atomic mass is 9.72. The number of hydrogen-bond acceptors (Lipinski definition) is 2. The molecule has 2 atom stereocenters. The van der Waals surface area contributed by atoms with Crippen molar-refractivity contribution in [3.05, 3.63) is 53.3 Å². The number of likely N-dealkylation sites (N-methyl/N-ethyl adjacent to an activating group) is 1. The van der Waals surface area contributed by atoms with Gasteiger partial charge < -0.3 is 5.32 Å². The highest BCUT2D eigenvalue weighted by atomic mass is 15.3. The van der Waals surface area contributed by atoms with Gasteiger partial charge in [0.1, 0.15) is 0 Å². The van der Waals surface area contributed by atoms with Crippen LogP contribution in [0.4, 0.5) is 0 Å². The summed E-state index contributed by atoms with van der Waals surface area (Å²) >= 11 is 0. The van der Waals surface area contributed by atoms with Gasteiger partial charge in [0.2, 0.25) is 0 Å². The van der Waals surface area contributed by atoms with E-state index in [1.807, 2.05) is 6.20 Å². The van der Waals surface area contributed by atoms with Gasteiger partial charge in [0.15, 0.2) is 0 Å². The number of nitrogens with zero attached hydrogens (tertiary/aromatic N) is 2. The molecule has 0 aliphatic heterocycles. The molecule has 0 radical (unpaired) electrons. The van der Waals surface area contributed by atoms with Gasteiger partial charge in [0, 0.05) is 18.7 Å². The van der Waals surface area contributed by atoms with Gasteiger partial charge in [-0.2, -0.15) is 5.10 Å². The molecule has 1 aliphatic carbocycles. The van der Waals surface area contributed by atoms with Crippen LogP contribution in [0.15, 0.2) is 36.5 Å². The first-order valence-electron chi connectivity index (χ1n) is 7.18. The Morgan fingerprint density at radius 2 is 2.16 bits per heavy atom. The fourth-order valence-electron chi connectivity index (χ4n) is 3.14. The van der Waals surface area contributed by atoms with Crippen molar-refractivity contribution in [1.82, 2.24) is 15.1 Å². The second-order valence-electron chi connectivity index (χ2n) is 5.12. The molecule has 1 heterocycles. The van der Waals surface area contributed by atoms with Crippen molar-refractivity contribution in [2.24, 2.45) is 0 Å². The van der Waals surface area contributed by atoms with Crippen molar-refractivity contribution < 1.29 is 0 Å². The van der Waals surface area contributed by atoms with Crippen LogP contribution < -0.4 is 5.32 Å². The summed E-state index contributed by atoms with van der Waals surface area (Å²) in [5.74, 6) is 0.582. The lowest BCUT2D eigenvalue weighted by molar-refractivity contribution is 0.392. The monoisotopic (exact) mass is 255 g/mol. The molecule has 0 amide bonds. The molecule has 3 rings (SSSR count). The first-order chi connectivity index (χ1) is 9.35. The molecular weight excluding hydrogens is 234 g/mol. The Bertz CT molecular complexity index is 559. The fourth-order valence-corrected chi connectivity index (χ4v) is 3.14. The summed E-state index contributed by atoms with van der Waals surface area (Å²) in [7, 11) is 0. The maximum absolute atomic E-state index is 4.41. The Morgan fingerprint density at radius 1 is 1.32 bits per heavy atom. The molecule has 0 fully saturated rings. The van der Waals surface area contributed by atoms with Crippen molar-refractivity contribution in [2.75, 3.05) is 6.54 Å². The molecule has 1 aromatic carbocycles. The van der Waals surface area contributed by atoms with Gasteiger partial charge in [-0.3, -0.25) is 4.68 Å². The van der Waals surface area contributed by atoms with E-state index in [4.69, 9.17) is 0 Å². The standard InChI is InChI=1S/C16H21N3/c1-3-17-16(15-9-10-18-19(15)4-2)14-11-12-7-5-6-8-13(12)14/h5-10,14,16-17H,3-4,11H2,1-2H3. The number of nitrogens with one attached hydrogen (secondary N) is 1. The molecule has 1 N–H and O–H groups in total. The molecule has 0 saturated heterocycles. The third kappa shape index (κ3) is 2.08. The topological polar surface area (TPSA) is 29.9 Å². The van der Waals surface area contributed by atoms with Crippen LogP contribution in [0.5, 0.6) is 0 Å². The number of aromatic nitrogens is 2. The van der Waals surface area contributed by atoms with E-state index in [9.17, 15) is 0 Å². The fraction of sp³-hybridized carbons (Fsp3) is 0.438. The first kappa shape index (κ1) is 12.4. The lowest BCUT2D eigenvalue weighted by Gasteiger charge is -2.37. The Labute approximate surface area is 114 Å². The van der Waals surface area contributed by atoms with E-state index in [1.165, 1.54) is 23.2 Å². The Balaban J connectivity index is 1.91. The smallest absolute Gasteiger partial charge is 0.0564 e. The average Bonchev–Trinajstić information content (AvgIpc) is 2.87. The van der Waals surface area contributed by atoms with Crippen LogP contribution in [0.2, 0.25) is 0 Å². The lowest BCUT2D eigenvalue weighted by Crippen LogP contribution is -2.34. The molecule has 0 spiro atoms. The maximum Gasteiger partial charge on any atom is 0.0564 e. The van der Waals surface area contributed by atoms with Gasteiger partial charge in [0.05, 0.1) is 11.7 Å². The van der Waals surface area contributed by atoms with E-state index >= 15 is 0 Å². The Hall–Kier alpha value is -1.61. The molecule has 2 aromatic rings. The molecule has 2 unspecified atom stereocenters. The van der Waals surface area contributed by atoms with Gasteiger partial charge in [-0.15, -0.1) is 0 Å². The molecular formula is C16H21N3. The van der Waals surface area contributed by atoms with Crippen molar-refractivity contribution in [1.29, 1.82) is 0 Å². The maximum atomic E-state index is 4.41. The summed E-state index contributed by atoms with van der Waals surface area (Å²) in [6.45, 7) is 6.23. The van der Waals surface area contributed by atoms with Crippen LogP contribution >= 0.6 is 0 Å². The summed E-state index contributed by atoms with van der Waals surface area (Å²) in [5.41, 5.74) is 4.30. The van der Waals surface area contributed by atoms with Crippen molar-refractivity contribution in [3.8, 4) is 0 Å². The number of aryl methyl sites for hydroxylation is 1. The second-order valence-corrected chi connectivity index (χ2v) is 5.12. The van der Waals surface area contributed by atoms with Gasteiger partial charge >= 0.3 is 0 Å². The normalized spacial score (nSPS) is 18.7. The van der Waals surface area contributed by atoms with E-state index in [-0.39, 0.29) is 0 Å². The Morgan fingerprint density at radius 3 is 2.89 bits per heavy atom. The number of hydrogen-bond donors (Lipinski definition) is 1. The summed E-state index contributed by atoms with van der Waals surface area (Å²) in [5, 5.41) is 8.05. The van der Waals surface area contributed by atoms with E-state index in [0.29, 0.717) is 12.0 Å². The van der Waals surface area contributed by atoms with Gasteiger partial charge in [-0.25, -0.2) is 0 Å². The average molecular weight is 255 g/mol. The van der Waals surface area contributed by atoms with Crippen molar-refractivity contribution in [2.45, 2.75) is 38.8 Å². The third-order valence-electron chi connectivity index (χ3n) is 4.09. The minimum Gasteiger partial charge on any atom is -0.308 e. The number of benzene rings is 1. The van der Waals surface area contributed by atoms with E-state index in [1.54, 1.807) is 0 Å². The van der Waals surface area contributed by atoms with Gasteiger partial charge in [-0.1, -0.05) is 31.2 Å². The van der Waals surface area contributed by atoms with E-state index in [0.717, 1.165) is 13.1 Å². The SMILES string of the molecule is CCNC(c1ccnn1CC)C1Cc2ccccc21. The predicted molar refractivity (Wildman–Crippen MR) is 77.2 cm³/mol. The van der Waals surface area contributed by atoms with Crippen LogP contribution in [0, 0.1) is 0 Å². The first-order valence-corrected chi connectivity index (χ1v) is 7.18. The van der Waals surface area contributed by atoms with Crippen LogP contribution in [0.25, 0.3) is 0 Å². The van der Waals surface area contributed by atoms with E-state index in [2.05, 4.69) is 59.3 Å². The van der Waals surface area contributed by atoms with Crippen LogP contribution in [0.1, 0.15) is 42.6 Å². The summed E-state index contributed by atoms with van der Waals surface area (Å²) in [4.78, 5) is 0. The zero-order chi connectivity index (χ0) is 13.2. The molecule has 3 heteroatoms. The van der Waals surface area contributed by atoms with Crippen molar-refractivity contribution in [3.63, 3.8) is 0 Å². The zero-order valence-corrected chi connectivity index (χ0v) is 11.6. The predicted octanol–water partition coefficient (Wildman–Crippen LogP) is 2.89.